The molecule has 0 aromatic heterocycles. The number of hydrogen-bond donors (Lipinski definition) is 2. The molecule has 0 fully saturated rings. The first-order chi connectivity index (χ1) is 9.20. The van der Waals surface area contributed by atoms with Gasteiger partial charge in [-0.3, -0.25) is 4.79 Å². The molecule has 0 unspecified atom stereocenters. The van der Waals surface area contributed by atoms with Gasteiger partial charge in [-0.1, -0.05) is 42.5 Å². The van der Waals surface area contributed by atoms with E-state index in [4.69, 9.17) is 5.73 Å². The summed E-state index contributed by atoms with van der Waals surface area (Å²) >= 11 is 0. The predicted octanol–water partition coefficient (Wildman–Crippen LogP) is 2.12. The molecule has 0 radical (unpaired) electrons. The monoisotopic (exact) mass is 252 g/mol. The highest BCUT2D eigenvalue weighted by atomic mass is 16.1. The minimum Gasteiger partial charge on any atom is -0.371 e. The third-order valence-electron chi connectivity index (χ3n) is 3.73. The molecule has 3 N–H and O–H groups in total. The van der Waals surface area contributed by atoms with E-state index in [9.17, 15) is 4.79 Å². The second-order valence-electron chi connectivity index (χ2n) is 5.06. The SMILES string of the molecule is NC(=O)C1(Nc2ccccc2)Cc2ccccc2C1. The van der Waals surface area contributed by atoms with Crippen LogP contribution in [0.15, 0.2) is 54.6 Å². The van der Waals surface area contributed by atoms with Crippen molar-refractivity contribution in [1.29, 1.82) is 0 Å². The number of hydrogen-bond acceptors (Lipinski definition) is 2. The lowest BCUT2D eigenvalue weighted by Gasteiger charge is -2.28. The highest BCUT2D eigenvalue weighted by Gasteiger charge is 2.42. The molecule has 0 saturated carbocycles. The van der Waals surface area contributed by atoms with Crippen LogP contribution in [0.3, 0.4) is 0 Å². The Morgan fingerprint density at radius 2 is 1.47 bits per heavy atom. The lowest BCUT2D eigenvalue weighted by Crippen LogP contribution is -2.51. The first-order valence-corrected chi connectivity index (χ1v) is 6.40. The molecule has 0 bridgehead atoms. The number of fused-ring (bicyclic) bond motifs is 1. The standard InChI is InChI=1S/C16H16N2O/c17-15(19)16(18-14-8-2-1-3-9-14)10-12-6-4-5-7-13(12)11-16/h1-9,18H,10-11H2,(H2,17,19). The molecular weight excluding hydrogens is 236 g/mol. The summed E-state index contributed by atoms with van der Waals surface area (Å²) in [5.41, 5.74) is 8.28. The number of rotatable bonds is 3. The van der Waals surface area contributed by atoms with Crippen molar-refractivity contribution in [3.8, 4) is 0 Å². The van der Waals surface area contributed by atoms with Crippen LogP contribution >= 0.6 is 0 Å². The van der Waals surface area contributed by atoms with E-state index in [0.717, 1.165) is 5.69 Å². The molecule has 2 aromatic rings. The van der Waals surface area contributed by atoms with Crippen molar-refractivity contribution in [3.63, 3.8) is 0 Å². The lowest BCUT2D eigenvalue weighted by molar-refractivity contribution is -0.122. The number of benzene rings is 2. The first kappa shape index (κ1) is 11.8. The minimum absolute atomic E-state index is 0.299. The van der Waals surface area contributed by atoms with E-state index in [0.29, 0.717) is 12.8 Å². The molecule has 3 nitrogen and oxygen atoms in total. The summed E-state index contributed by atoms with van der Waals surface area (Å²) in [5.74, 6) is -0.299. The molecular formula is C16H16N2O. The van der Waals surface area contributed by atoms with Crippen LogP contribution in [0.2, 0.25) is 0 Å². The van der Waals surface area contributed by atoms with Crippen LogP contribution in [0.5, 0.6) is 0 Å². The highest BCUT2D eigenvalue weighted by molar-refractivity contribution is 5.90. The van der Waals surface area contributed by atoms with E-state index in [1.54, 1.807) is 0 Å². The zero-order valence-corrected chi connectivity index (χ0v) is 10.6. The van der Waals surface area contributed by atoms with Crippen molar-refractivity contribution < 1.29 is 4.79 Å². The Balaban J connectivity index is 1.93. The van der Waals surface area contributed by atoms with Crippen LogP contribution in [0.25, 0.3) is 0 Å². The minimum atomic E-state index is -0.703. The molecule has 1 amide bonds. The molecule has 96 valence electrons. The van der Waals surface area contributed by atoms with E-state index < -0.39 is 5.54 Å². The Morgan fingerprint density at radius 3 is 2.00 bits per heavy atom. The number of amides is 1. The van der Waals surface area contributed by atoms with Crippen molar-refractivity contribution in [2.24, 2.45) is 5.73 Å². The Morgan fingerprint density at radius 1 is 0.947 bits per heavy atom. The Labute approximate surface area is 112 Å². The van der Waals surface area contributed by atoms with Gasteiger partial charge in [0.25, 0.3) is 0 Å². The fourth-order valence-electron chi connectivity index (χ4n) is 2.74. The topological polar surface area (TPSA) is 55.1 Å². The Hall–Kier alpha value is -2.29. The molecule has 2 aromatic carbocycles. The van der Waals surface area contributed by atoms with Gasteiger partial charge in [0.1, 0.15) is 5.54 Å². The molecule has 0 atom stereocenters. The molecule has 19 heavy (non-hydrogen) atoms. The molecule has 0 spiro atoms. The maximum absolute atomic E-state index is 12.0. The summed E-state index contributed by atoms with van der Waals surface area (Å²) < 4.78 is 0. The van der Waals surface area contributed by atoms with Crippen molar-refractivity contribution in [3.05, 3.63) is 65.7 Å². The van der Waals surface area contributed by atoms with E-state index in [2.05, 4.69) is 17.4 Å². The van der Waals surface area contributed by atoms with E-state index in [1.165, 1.54) is 11.1 Å². The quantitative estimate of drug-likeness (QED) is 0.879. The lowest BCUT2D eigenvalue weighted by atomic mass is 9.94. The van der Waals surface area contributed by atoms with Crippen LogP contribution in [0.1, 0.15) is 11.1 Å². The fourth-order valence-corrected chi connectivity index (χ4v) is 2.74. The number of para-hydroxylation sites is 1. The van der Waals surface area contributed by atoms with Gasteiger partial charge in [0.15, 0.2) is 0 Å². The zero-order valence-electron chi connectivity index (χ0n) is 10.6. The first-order valence-electron chi connectivity index (χ1n) is 6.40. The summed E-state index contributed by atoms with van der Waals surface area (Å²) in [6.45, 7) is 0. The number of nitrogens with one attached hydrogen (secondary N) is 1. The van der Waals surface area contributed by atoms with Gasteiger partial charge in [0.2, 0.25) is 5.91 Å². The van der Waals surface area contributed by atoms with Crippen LogP contribution < -0.4 is 11.1 Å². The molecule has 1 aliphatic rings. The summed E-state index contributed by atoms with van der Waals surface area (Å²) in [7, 11) is 0. The van der Waals surface area contributed by atoms with Crippen molar-refractivity contribution in [2.45, 2.75) is 18.4 Å². The normalized spacial score (nSPS) is 15.8. The van der Waals surface area contributed by atoms with Crippen LogP contribution in [0, 0.1) is 0 Å². The number of carbonyl (C=O) groups is 1. The molecule has 0 aliphatic heterocycles. The second kappa shape index (κ2) is 4.43. The molecule has 3 heteroatoms. The average Bonchev–Trinajstić information content (AvgIpc) is 2.79. The van der Waals surface area contributed by atoms with Gasteiger partial charge >= 0.3 is 0 Å². The summed E-state index contributed by atoms with van der Waals surface area (Å²) in [6.07, 6.45) is 1.29. The van der Waals surface area contributed by atoms with Gasteiger partial charge in [0, 0.05) is 18.5 Å². The second-order valence-corrected chi connectivity index (χ2v) is 5.06. The molecule has 1 aliphatic carbocycles. The van der Waals surface area contributed by atoms with Crippen molar-refractivity contribution in [1.82, 2.24) is 0 Å². The zero-order chi connectivity index (χ0) is 13.3. The van der Waals surface area contributed by atoms with E-state index >= 15 is 0 Å². The third-order valence-corrected chi connectivity index (χ3v) is 3.73. The maximum atomic E-state index is 12.0. The number of primary amides is 1. The predicted molar refractivity (Wildman–Crippen MR) is 75.8 cm³/mol. The van der Waals surface area contributed by atoms with Crippen molar-refractivity contribution >= 4 is 11.6 Å². The van der Waals surface area contributed by atoms with Crippen LogP contribution in [-0.2, 0) is 17.6 Å². The van der Waals surface area contributed by atoms with Gasteiger partial charge in [-0.15, -0.1) is 0 Å². The third kappa shape index (κ3) is 2.08. The smallest absolute Gasteiger partial charge is 0.243 e. The van der Waals surface area contributed by atoms with Gasteiger partial charge in [0.05, 0.1) is 0 Å². The molecule has 0 saturated heterocycles. The number of nitrogens with two attached hydrogens (primary N) is 1. The van der Waals surface area contributed by atoms with E-state index in [-0.39, 0.29) is 5.91 Å². The van der Waals surface area contributed by atoms with Gasteiger partial charge in [-0.25, -0.2) is 0 Å². The van der Waals surface area contributed by atoms with Gasteiger partial charge in [-0.05, 0) is 23.3 Å². The molecule has 3 rings (SSSR count). The summed E-state index contributed by atoms with van der Waals surface area (Å²) in [4.78, 5) is 12.0. The van der Waals surface area contributed by atoms with Crippen molar-refractivity contribution in [2.75, 3.05) is 5.32 Å². The van der Waals surface area contributed by atoms with Gasteiger partial charge < -0.3 is 11.1 Å². The summed E-state index contributed by atoms with van der Waals surface area (Å²) in [6, 6.07) is 17.9. The van der Waals surface area contributed by atoms with Crippen LogP contribution in [-0.4, -0.2) is 11.4 Å². The maximum Gasteiger partial charge on any atom is 0.243 e. The Kier molecular flexibility index (Phi) is 2.75. The van der Waals surface area contributed by atoms with Crippen LogP contribution in [0.4, 0.5) is 5.69 Å². The fraction of sp³-hybridized carbons (Fsp3) is 0.188. The highest BCUT2D eigenvalue weighted by Crippen LogP contribution is 2.32. The molecule has 0 heterocycles. The summed E-state index contributed by atoms with van der Waals surface area (Å²) in [5, 5.41) is 3.33. The Bertz CT molecular complexity index is 582. The number of anilines is 1. The van der Waals surface area contributed by atoms with Gasteiger partial charge in [-0.2, -0.15) is 0 Å². The van der Waals surface area contributed by atoms with E-state index in [1.807, 2.05) is 42.5 Å². The largest absolute Gasteiger partial charge is 0.371 e. The average molecular weight is 252 g/mol. The number of carbonyl (C=O) groups excluding carboxylic acids is 1.